The molecule has 0 unspecified atom stereocenters. The molecular weight excluding hydrogens is 312 g/mol. The molecule has 0 radical (unpaired) electrons. The third-order valence-electron chi connectivity index (χ3n) is 3.83. The van der Waals surface area contributed by atoms with Crippen LogP contribution in [0.4, 0.5) is 0 Å². The van der Waals surface area contributed by atoms with Gasteiger partial charge in [-0.25, -0.2) is 0 Å². The van der Waals surface area contributed by atoms with E-state index in [1.165, 1.54) is 6.07 Å². The number of rotatable bonds is 1. The lowest BCUT2D eigenvalue weighted by Crippen LogP contribution is -1.97. The first kappa shape index (κ1) is 13.9. The Morgan fingerprint density at radius 3 is 2.70 bits per heavy atom. The number of phenols is 1. The number of benzene rings is 3. The quantitative estimate of drug-likeness (QED) is 0.654. The van der Waals surface area contributed by atoms with Gasteiger partial charge in [0.05, 0.1) is 10.6 Å². The Morgan fingerprint density at radius 1 is 1.04 bits per heavy atom. The average molecular weight is 323 g/mol. The molecule has 23 heavy (non-hydrogen) atoms. The number of carbonyl (C=O) groups excluding carboxylic acids is 1. The molecule has 0 fully saturated rings. The number of hydrogen-bond donors (Lipinski definition) is 1. The Labute approximate surface area is 137 Å². The van der Waals surface area contributed by atoms with Crippen molar-refractivity contribution in [1.82, 2.24) is 0 Å². The zero-order valence-electron chi connectivity index (χ0n) is 11.9. The molecule has 1 N–H and O–H groups in total. The second-order valence-corrected chi connectivity index (χ2v) is 5.72. The molecule has 0 spiro atoms. The van der Waals surface area contributed by atoms with E-state index in [1.807, 2.05) is 30.3 Å². The van der Waals surface area contributed by atoms with Gasteiger partial charge in [-0.1, -0.05) is 48.0 Å². The predicted molar refractivity (Wildman–Crippen MR) is 90.0 cm³/mol. The molecule has 1 aliphatic rings. The first-order chi connectivity index (χ1) is 11.1. The summed E-state index contributed by atoms with van der Waals surface area (Å²) in [6, 6.07) is 16.2. The number of ketones is 1. The molecule has 0 atom stereocenters. The number of ether oxygens (including phenoxy) is 1. The summed E-state index contributed by atoms with van der Waals surface area (Å²) in [5, 5.41) is 11.6. The van der Waals surface area contributed by atoms with Crippen molar-refractivity contribution in [3.8, 4) is 11.5 Å². The van der Waals surface area contributed by atoms with Crippen LogP contribution in [0.25, 0.3) is 16.8 Å². The molecular formula is C19H11ClO3. The van der Waals surface area contributed by atoms with Crippen molar-refractivity contribution >= 4 is 34.2 Å². The Hall–Kier alpha value is -2.78. The van der Waals surface area contributed by atoms with E-state index in [4.69, 9.17) is 16.3 Å². The van der Waals surface area contributed by atoms with Gasteiger partial charge in [-0.3, -0.25) is 4.79 Å². The Kier molecular flexibility index (Phi) is 3.10. The number of allylic oxidation sites excluding steroid dienone is 1. The third kappa shape index (κ3) is 2.26. The predicted octanol–water partition coefficient (Wildman–Crippen LogP) is 4.82. The summed E-state index contributed by atoms with van der Waals surface area (Å²) in [7, 11) is 0. The highest BCUT2D eigenvalue weighted by atomic mass is 35.5. The SMILES string of the molecule is O=C1/C(=C/c2ccc(O)c(Cl)c2)Oc2c1ccc1ccccc21. The zero-order valence-corrected chi connectivity index (χ0v) is 12.7. The number of fused-ring (bicyclic) bond motifs is 3. The molecule has 0 aromatic heterocycles. The molecule has 0 saturated heterocycles. The van der Waals surface area contributed by atoms with Gasteiger partial charge >= 0.3 is 0 Å². The standard InChI is InChI=1S/C19H11ClO3/c20-15-9-11(5-8-16(15)21)10-17-18(22)14-7-6-12-3-1-2-4-13(12)19(14)23-17/h1-10,21H/b17-10-. The minimum absolute atomic E-state index is 0.00163. The van der Waals surface area contributed by atoms with E-state index in [0.717, 1.165) is 10.8 Å². The van der Waals surface area contributed by atoms with Crippen molar-refractivity contribution < 1.29 is 14.6 Å². The van der Waals surface area contributed by atoms with E-state index < -0.39 is 0 Å². The molecule has 0 amide bonds. The minimum atomic E-state index is -0.157. The van der Waals surface area contributed by atoms with Crippen molar-refractivity contribution in [3.05, 3.63) is 76.5 Å². The minimum Gasteiger partial charge on any atom is -0.506 e. The fourth-order valence-electron chi connectivity index (χ4n) is 2.68. The van der Waals surface area contributed by atoms with Gasteiger partial charge in [0, 0.05) is 5.39 Å². The molecule has 3 aromatic rings. The molecule has 1 heterocycles. The van der Waals surface area contributed by atoms with Crippen LogP contribution in [0.1, 0.15) is 15.9 Å². The maximum atomic E-state index is 12.5. The van der Waals surface area contributed by atoms with E-state index in [1.54, 1.807) is 24.3 Å². The maximum Gasteiger partial charge on any atom is 0.231 e. The first-order valence-electron chi connectivity index (χ1n) is 7.08. The van der Waals surface area contributed by atoms with Gasteiger partial charge in [-0.05, 0) is 35.2 Å². The van der Waals surface area contributed by atoms with Gasteiger partial charge < -0.3 is 9.84 Å². The summed E-state index contributed by atoms with van der Waals surface area (Å²) in [5.74, 6) is 0.680. The summed E-state index contributed by atoms with van der Waals surface area (Å²) in [5.41, 5.74) is 1.24. The lowest BCUT2D eigenvalue weighted by Gasteiger charge is -2.03. The van der Waals surface area contributed by atoms with Crippen LogP contribution in [0.15, 0.2) is 60.4 Å². The number of halogens is 1. The zero-order chi connectivity index (χ0) is 16.0. The van der Waals surface area contributed by atoms with Crippen LogP contribution >= 0.6 is 11.6 Å². The summed E-state index contributed by atoms with van der Waals surface area (Å²) in [6.07, 6.45) is 1.63. The van der Waals surface area contributed by atoms with Crippen LogP contribution in [0.5, 0.6) is 11.5 Å². The Bertz CT molecular complexity index is 989. The van der Waals surface area contributed by atoms with Crippen LogP contribution < -0.4 is 4.74 Å². The van der Waals surface area contributed by atoms with Gasteiger partial charge in [-0.2, -0.15) is 0 Å². The smallest absolute Gasteiger partial charge is 0.231 e. The lowest BCUT2D eigenvalue weighted by atomic mass is 10.0. The highest BCUT2D eigenvalue weighted by Gasteiger charge is 2.28. The summed E-state index contributed by atoms with van der Waals surface area (Å²) in [6.45, 7) is 0. The van der Waals surface area contributed by atoms with Crippen LogP contribution in [-0.2, 0) is 0 Å². The van der Waals surface area contributed by atoms with Gasteiger partial charge in [0.1, 0.15) is 11.5 Å². The summed E-state index contributed by atoms with van der Waals surface area (Å²) >= 11 is 5.90. The summed E-state index contributed by atoms with van der Waals surface area (Å²) in [4.78, 5) is 12.5. The molecule has 112 valence electrons. The number of aromatic hydroxyl groups is 1. The molecule has 1 aliphatic heterocycles. The van der Waals surface area contributed by atoms with Crippen LogP contribution in [-0.4, -0.2) is 10.9 Å². The largest absolute Gasteiger partial charge is 0.506 e. The second-order valence-electron chi connectivity index (χ2n) is 5.31. The molecule has 4 heteroatoms. The Morgan fingerprint density at radius 2 is 1.87 bits per heavy atom. The highest BCUT2D eigenvalue weighted by molar-refractivity contribution is 6.32. The van der Waals surface area contributed by atoms with Crippen molar-refractivity contribution in [1.29, 1.82) is 0 Å². The van der Waals surface area contributed by atoms with E-state index in [2.05, 4.69) is 0 Å². The number of phenolic OH excluding ortho intramolecular Hbond substituents is 1. The molecule has 0 aliphatic carbocycles. The maximum absolute atomic E-state index is 12.5. The first-order valence-corrected chi connectivity index (χ1v) is 7.46. The van der Waals surface area contributed by atoms with E-state index in [0.29, 0.717) is 16.9 Å². The van der Waals surface area contributed by atoms with E-state index in [-0.39, 0.29) is 22.3 Å². The molecule has 0 saturated carbocycles. The second kappa shape index (κ2) is 5.14. The van der Waals surface area contributed by atoms with E-state index in [9.17, 15) is 9.90 Å². The fourth-order valence-corrected chi connectivity index (χ4v) is 2.87. The fraction of sp³-hybridized carbons (Fsp3) is 0. The van der Waals surface area contributed by atoms with Gasteiger partial charge in [0.2, 0.25) is 5.78 Å². The molecule has 3 aromatic carbocycles. The average Bonchev–Trinajstić information content (AvgIpc) is 2.88. The van der Waals surface area contributed by atoms with Crippen molar-refractivity contribution in [2.75, 3.05) is 0 Å². The third-order valence-corrected chi connectivity index (χ3v) is 4.13. The Balaban J connectivity index is 1.81. The van der Waals surface area contributed by atoms with Crippen molar-refractivity contribution in [2.24, 2.45) is 0 Å². The number of Topliss-reactive ketones (excluding diaryl/α,β-unsaturated/α-hetero) is 1. The topological polar surface area (TPSA) is 46.5 Å². The molecule has 3 nitrogen and oxygen atoms in total. The highest BCUT2D eigenvalue weighted by Crippen LogP contribution is 2.38. The van der Waals surface area contributed by atoms with Crippen LogP contribution in [0.3, 0.4) is 0 Å². The van der Waals surface area contributed by atoms with Crippen LogP contribution in [0, 0.1) is 0 Å². The molecule has 0 bridgehead atoms. The number of carbonyl (C=O) groups is 1. The monoisotopic (exact) mass is 322 g/mol. The lowest BCUT2D eigenvalue weighted by molar-refractivity contribution is 0.101. The summed E-state index contributed by atoms with van der Waals surface area (Å²) < 4.78 is 5.81. The molecule has 4 rings (SSSR count). The number of hydrogen-bond acceptors (Lipinski definition) is 3. The van der Waals surface area contributed by atoms with Gasteiger partial charge in [0.15, 0.2) is 5.76 Å². The van der Waals surface area contributed by atoms with Gasteiger partial charge in [0.25, 0.3) is 0 Å². The van der Waals surface area contributed by atoms with Crippen LogP contribution in [0.2, 0.25) is 5.02 Å². The van der Waals surface area contributed by atoms with Gasteiger partial charge in [-0.15, -0.1) is 0 Å². The normalized spacial score (nSPS) is 15.0. The van der Waals surface area contributed by atoms with E-state index >= 15 is 0 Å². The van der Waals surface area contributed by atoms with Crippen molar-refractivity contribution in [2.45, 2.75) is 0 Å². The van der Waals surface area contributed by atoms with Crippen molar-refractivity contribution in [3.63, 3.8) is 0 Å².